The molecule has 0 radical (unpaired) electrons. The molecule has 2 heterocycles. The molecule has 2 rings (SSSR count). The van der Waals surface area contributed by atoms with E-state index in [2.05, 4.69) is 15.7 Å². The minimum atomic E-state index is 0.317. The molecule has 0 spiro atoms. The molecule has 3 nitrogen and oxygen atoms in total. The first-order valence-electron chi connectivity index (χ1n) is 4.09. The molecule has 1 aliphatic rings. The monoisotopic (exact) mass is 184 g/mol. The molecule has 1 aromatic heterocycles. The van der Waals surface area contributed by atoms with Gasteiger partial charge in [0.2, 0.25) is 0 Å². The summed E-state index contributed by atoms with van der Waals surface area (Å²) in [6.07, 6.45) is 0. The van der Waals surface area contributed by atoms with E-state index < -0.39 is 0 Å². The number of nitrogens with zero attached hydrogens (tertiary/aromatic N) is 1. The lowest BCUT2D eigenvalue weighted by Gasteiger charge is -2.21. The van der Waals surface area contributed by atoms with Gasteiger partial charge in [-0.25, -0.2) is 4.98 Å². The van der Waals surface area contributed by atoms with Crippen LogP contribution in [0.4, 0.5) is 0 Å². The van der Waals surface area contributed by atoms with Crippen molar-refractivity contribution < 1.29 is 4.74 Å². The summed E-state index contributed by atoms with van der Waals surface area (Å²) in [7, 11) is 0. The number of hydrogen-bond acceptors (Lipinski definition) is 4. The first-order chi connectivity index (χ1) is 5.86. The van der Waals surface area contributed by atoms with E-state index in [1.165, 1.54) is 0 Å². The normalized spacial score (nSPS) is 24.2. The first kappa shape index (κ1) is 8.16. The van der Waals surface area contributed by atoms with Gasteiger partial charge in [0.1, 0.15) is 5.01 Å². The zero-order valence-electron chi connectivity index (χ0n) is 7.04. The molecule has 1 aliphatic heterocycles. The van der Waals surface area contributed by atoms with Gasteiger partial charge in [0.15, 0.2) is 0 Å². The molecule has 4 heteroatoms. The highest BCUT2D eigenvalue weighted by Gasteiger charge is 2.17. The summed E-state index contributed by atoms with van der Waals surface area (Å²) in [6, 6.07) is 0.317. The molecule has 66 valence electrons. The van der Waals surface area contributed by atoms with E-state index in [9.17, 15) is 0 Å². The van der Waals surface area contributed by atoms with Crippen LogP contribution in [-0.4, -0.2) is 24.7 Å². The van der Waals surface area contributed by atoms with Crippen LogP contribution in [0.5, 0.6) is 0 Å². The van der Waals surface area contributed by atoms with E-state index >= 15 is 0 Å². The van der Waals surface area contributed by atoms with Crippen LogP contribution in [0, 0.1) is 6.92 Å². The zero-order valence-corrected chi connectivity index (χ0v) is 7.86. The summed E-state index contributed by atoms with van der Waals surface area (Å²) in [5.74, 6) is 0. The van der Waals surface area contributed by atoms with Gasteiger partial charge in [0.25, 0.3) is 0 Å². The number of morpholine rings is 1. The molecule has 0 aliphatic carbocycles. The van der Waals surface area contributed by atoms with Crippen LogP contribution in [0.2, 0.25) is 0 Å². The number of ether oxygens (including phenoxy) is 1. The van der Waals surface area contributed by atoms with Crippen LogP contribution in [-0.2, 0) is 4.74 Å². The summed E-state index contributed by atoms with van der Waals surface area (Å²) in [4.78, 5) is 4.41. The molecule has 1 atom stereocenters. The Morgan fingerprint density at radius 3 is 3.25 bits per heavy atom. The third-order valence-corrected chi connectivity index (χ3v) is 2.93. The predicted molar refractivity (Wildman–Crippen MR) is 48.4 cm³/mol. The molecule has 1 N–H and O–H groups in total. The van der Waals surface area contributed by atoms with Gasteiger partial charge in [-0.3, -0.25) is 0 Å². The van der Waals surface area contributed by atoms with E-state index in [1.54, 1.807) is 11.3 Å². The maximum Gasteiger partial charge on any atom is 0.112 e. The second kappa shape index (κ2) is 3.51. The van der Waals surface area contributed by atoms with Crippen molar-refractivity contribution in [3.8, 4) is 0 Å². The smallest absolute Gasteiger partial charge is 0.112 e. The Morgan fingerprint density at radius 1 is 1.75 bits per heavy atom. The summed E-state index contributed by atoms with van der Waals surface area (Å²) < 4.78 is 5.35. The Labute approximate surface area is 75.8 Å². The van der Waals surface area contributed by atoms with Crippen molar-refractivity contribution in [2.45, 2.75) is 13.0 Å². The lowest BCUT2D eigenvalue weighted by atomic mass is 10.3. The van der Waals surface area contributed by atoms with E-state index in [0.29, 0.717) is 6.04 Å². The standard InChI is InChI=1S/C8H12N2OS/c1-6-5-12-8(10-6)7-4-11-3-2-9-7/h5,7,9H,2-4H2,1H3. The van der Waals surface area contributed by atoms with E-state index in [4.69, 9.17) is 4.74 Å². The number of nitrogens with one attached hydrogen (secondary N) is 1. The second-order valence-electron chi connectivity index (χ2n) is 2.91. The minimum Gasteiger partial charge on any atom is -0.378 e. The van der Waals surface area contributed by atoms with Crippen LogP contribution in [0.25, 0.3) is 0 Å². The zero-order chi connectivity index (χ0) is 8.39. The Kier molecular flexibility index (Phi) is 2.39. The van der Waals surface area contributed by atoms with Gasteiger partial charge >= 0.3 is 0 Å². The Morgan fingerprint density at radius 2 is 2.67 bits per heavy atom. The molecule has 0 bridgehead atoms. The third kappa shape index (κ3) is 1.65. The average molecular weight is 184 g/mol. The Hall–Kier alpha value is -0.450. The van der Waals surface area contributed by atoms with Crippen molar-refractivity contribution in [3.05, 3.63) is 16.1 Å². The summed E-state index contributed by atoms with van der Waals surface area (Å²) in [5, 5.41) is 6.59. The van der Waals surface area contributed by atoms with Gasteiger partial charge in [0, 0.05) is 17.6 Å². The highest BCUT2D eigenvalue weighted by Crippen LogP contribution is 2.19. The highest BCUT2D eigenvalue weighted by molar-refractivity contribution is 7.09. The van der Waals surface area contributed by atoms with Crippen LogP contribution in [0.1, 0.15) is 16.7 Å². The number of rotatable bonds is 1. The number of aromatic nitrogens is 1. The van der Waals surface area contributed by atoms with Crippen molar-refractivity contribution >= 4 is 11.3 Å². The molecule has 0 amide bonds. The number of aryl methyl sites for hydroxylation is 1. The fourth-order valence-electron chi connectivity index (χ4n) is 1.26. The molecule has 1 aromatic rings. The minimum absolute atomic E-state index is 0.317. The number of thiazole rings is 1. The van der Waals surface area contributed by atoms with Crippen molar-refractivity contribution in [1.82, 2.24) is 10.3 Å². The first-order valence-corrected chi connectivity index (χ1v) is 4.97. The van der Waals surface area contributed by atoms with Crippen LogP contribution < -0.4 is 5.32 Å². The van der Waals surface area contributed by atoms with E-state index in [-0.39, 0.29) is 0 Å². The predicted octanol–water partition coefficient (Wildman–Crippen LogP) is 1.11. The van der Waals surface area contributed by atoms with Gasteiger partial charge in [-0.05, 0) is 6.92 Å². The summed E-state index contributed by atoms with van der Waals surface area (Å²) in [6.45, 7) is 4.53. The van der Waals surface area contributed by atoms with Crippen LogP contribution >= 0.6 is 11.3 Å². The Balaban J connectivity index is 2.08. The van der Waals surface area contributed by atoms with Gasteiger partial charge in [-0.15, -0.1) is 11.3 Å². The highest BCUT2D eigenvalue weighted by atomic mass is 32.1. The van der Waals surface area contributed by atoms with Crippen LogP contribution in [0.15, 0.2) is 5.38 Å². The van der Waals surface area contributed by atoms with Crippen molar-refractivity contribution in [2.75, 3.05) is 19.8 Å². The summed E-state index contributed by atoms with van der Waals surface area (Å²) in [5.41, 5.74) is 1.10. The van der Waals surface area contributed by atoms with Gasteiger partial charge < -0.3 is 10.1 Å². The third-order valence-electron chi connectivity index (χ3n) is 1.86. The van der Waals surface area contributed by atoms with Crippen molar-refractivity contribution in [1.29, 1.82) is 0 Å². The molecule has 1 fully saturated rings. The average Bonchev–Trinajstić information content (AvgIpc) is 2.54. The fraction of sp³-hybridized carbons (Fsp3) is 0.625. The van der Waals surface area contributed by atoms with E-state index in [1.807, 2.05) is 6.92 Å². The maximum absolute atomic E-state index is 5.35. The summed E-state index contributed by atoms with van der Waals surface area (Å²) >= 11 is 1.70. The molecular formula is C8H12N2OS. The van der Waals surface area contributed by atoms with Gasteiger partial charge in [0.05, 0.1) is 19.3 Å². The Bertz CT molecular complexity index is 255. The molecule has 0 aromatic carbocycles. The topological polar surface area (TPSA) is 34.1 Å². The van der Waals surface area contributed by atoms with Gasteiger partial charge in [-0.2, -0.15) is 0 Å². The van der Waals surface area contributed by atoms with Crippen molar-refractivity contribution in [3.63, 3.8) is 0 Å². The molecular weight excluding hydrogens is 172 g/mol. The quantitative estimate of drug-likeness (QED) is 0.710. The molecule has 12 heavy (non-hydrogen) atoms. The molecule has 0 saturated carbocycles. The van der Waals surface area contributed by atoms with Crippen molar-refractivity contribution in [2.24, 2.45) is 0 Å². The van der Waals surface area contributed by atoms with Gasteiger partial charge in [-0.1, -0.05) is 0 Å². The van der Waals surface area contributed by atoms with Crippen LogP contribution in [0.3, 0.4) is 0 Å². The largest absolute Gasteiger partial charge is 0.378 e. The number of hydrogen-bond donors (Lipinski definition) is 1. The molecule has 1 unspecified atom stereocenters. The maximum atomic E-state index is 5.35. The second-order valence-corrected chi connectivity index (χ2v) is 3.80. The van der Waals surface area contributed by atoms with E-state index in [0.717, 1.165) is 30.5 Å². The lowest BCUT2D eigenvalue weighted by Crippen LogP contribution is -2.34. The lowest BCUT2D eigenvalue weighted by molar-refractivity contribution is 0.0768. The molecule has 1 saturated heterocycles. The SMILES string of the molecule is Cc1csc(C2COCCN2)n1. The fourth-order valence-corrected chi connectivity index (χ4v) is 2.11.